The molecule has 1 atom stereocenters. The van der Waals surface area contributed by atoms with Crippen LogP contribution in [0, 0.1) is 0 Å². The van der Waals surface area contributed by atoms with Crippen LogP contribution in [0.25, 0.3) is 0 Å². The minimum Gasteiger partial charge on any atom is -0.332 e. The van der Waals surface area contributed by atoms with E-state index in [1.54, 1.807) is 35.6 Å². The molecule has 2 nitrogen and oxygen atoms in total. The predicted molar refractivity (Wildman–Crippen MR) is 52.3 cm³/mol. The van der Waals surface area contributed by atoms with Crippen LogP contribution in [-0.4, -0.2) is 12.1 Å². The molecule has 0 radical (unpaired) electrons. The first-order valence-corrected chi connectivity index (χ1v) is 4.89. The molecule has 0 fully saturated rings. The van der Waals surface area contributed by atoms with E-state index in [1.807, 2.05) is 0 Å². The summed E-state index contributed by atoms with van der Waals surface area (Å²) >= 11 is 2.95. The lowest BCUT2D eigenvalue weighted by molar-refractivity contribution is -0.173. The van der Waals surface area contributed by atoms with Gasteiger partial charge in [-0.3, -0.25) is 4.79 Å². The highest BCUT2D eigenvalue weighted by molar-refractivity contribution is 9.09. The molecule has 15 heavy (non-hydrogen) atoms. The quantitative estimate of drug-likeness (QED) is 0.656. The van der Waals surface area contributed by atoms with E-state index >= 15 is 0 Å². The summed E-state index contributed by atoms with van der Waals surface area (Å²) < 4.78 is 35.7. The highest BCUT2D eigenvalue weighted by Gasteiger charge is 2.39. The highest BCUT2D eigenvalue weighted by atomic mass is 79.9. The number of alkyl halides is 4. The second kappa shape index (κ2) is 4.65. The average Bonchev–Trinajstić information content (AvgIpc) is 2.17. The zero-order valence-corrected chi connectivity index (χ0v) is 8.97. The van der Waals surface area contributed by atoms with Crippen molar-refractivity contribution in [1.82, 2.24) is 5.32 Å². The summed E-state index contributed by atoms with van der Waals surface area (Å²) in [6.45, 7) is 0. The van der Waals surface area contributed by atoms with E-state index in [0.717, 1.165) is 0 Å². The summed E-state index contributed by atoms with van der Waals surface area (Å²) in [5.74, 6) is -1.96. The molecule has 1 rings (SSSR count). The van der Waals surface area contributed by atoms with E-state index in [2.05, 4.69) is 15.9 Å². The number of rotatable bonds is 2. The molecule has 82 valence electrons. The van der Waals surface area contributed by atoms with Gasteiger partial charge in [0.25, 0.3) is 0 Å². The second-order valence-corrected chi connectivity index (χ2v) is 3.66. The molecule has 0 aliphatic rings. The number of carbonyl (C=O) groups excluding carboxylic acids is 1. The molecule has 0 aliphatic heterocycles. The lowest BCUT2D eigenvalue weighted by atomic mass is 10.2. The van der Waals surface area contributed by atoms with Crippen LogP contribution in [-0.2, 0) is 4.79 Å². The Kier molecular flexibility index (Phi) is 3.73. The van der Waals surface area contributed by atoms with Gasteiger partial charge in [0, 0.05) is 0 Å². The largest absolute Gasteiger partial charge is 0.471 e. The number of amides is 1. The molecule has 0 aromatic heterocycles. The molecule has 0 saturated heterocycles. The zero-order chi connectivity index (χ0) is 11.5. The van der Waals surface area contributed by atoms with Crippen molar-refractivity contribution in [1.29, 1.82) is 0 Å². The molecule has 0 spiro atoms. The van der Waals surface area contributed by atoms with Gasteiger partial charge in [-0.25, -0.2) is 0 Å². The van der Waals surface area contributed by atoms with Crippen LogP contribution in [0.15, 0.2) is 30.3 Å². The first kappa shape index (κ1) is 12.0. The molecule has 0 saturated carbocycles. The van der Waals surface area contributed by atoms with E-state index in [1.165, 1.54) is 0 Å². The molecule has 6 heteroatoms. The minimum absolute atomic E-state index is 0.551. The third-order valence-corrected chi connectivity index (χ3v) is 2.37. The third kappa shape index (κ3) is 3.54. The lowest BCUT2D eigenvalue weighted by Gasteiger charge is -2.13. The van der Waals surface area contributed by atoms with Crippen LogP contribution in [0.3, 0.4) is 0 Å². The van der Waals surface area contributed by atoms with E-state index in [4.69, 9.17) is 0 Å². The van der Waals surface area contributed by atoms with Crippen LogP contribution < -0.4 is 5.32 Å². The van der Waals surface area contributed by atoms with Crippen molar-refractivity contribution in [3.63, 3.8) is 0 Å². The van der Waals surface area contributed by atoms with Gasteiger partial charge in [-0.1, -0.05) is 46.3 Å². The first-order valence-electron chi connectivity index (χ1n) is 3.98. The third-order valence-electron chi connectivity index (χ3n) is 1.61. The van der Waals surface area contributed by atoms with Crippen molar-refractivity contribution in [2.45, 2.75) is 11.1 Å². The molecule has 1 aromatic rings. The molecule has 1 aromatic carbocycles. The van der Waals surface area contributed by atoms with Crippen molar-refractivity contribution in [3.8, 4) is 0 Å². The maximum Gasteiger partial charge on any atom is 0.471 e. The molecule has 0 heterocycles. The molecular weight excluding hydrogens is 275 g/mol. The SMILES string of the molecule is O=C(NC(Br)c1ccccc1)C(F)(F)F. The smallest absolute Gasteiger partial charge is 0.332 e. The number of carbonyl (C=O) groups is 1. The van der Waals surface area contributed by atoms with Gasteiger partial charge >= 0.3 is 12.1 Å². The summed E-state index contributed by atoms with van der Waals surface area (Å²) in [4.78, 5) is 9.74. The molecule has 1 unspecified atom stereocenters. The Hall–Kier alpha value is -1.04. The Labute approximate surface area is 92.6 Å². The normalized spacial score (nSPS) is 13.3. The Morgan fingerprint density at radius 3 is 2.27 bits per heavy atom. The number of hydrogen-bond acceptors (Lipinski definition) is 1. The van der Waals surface area contributed by atoms with Crippen molar-refractivity contribution < 1.29 is 18.0 Å². The van der Waals surface area contributed by atoms with Crippen LogP contribution in [0.5, 0.6) is 0 Å². The van der Waals surface area contributed by atoms with E-state index in [0.29, 0.717) is 5.56 Å². The zero-order valence-electron chi connectivity index (χ0n) is 7.38. The van der Waals surface area contributed by atoms with Crippen LogP contribution >= 0.6 is 15.9 Å². The van der Waals surface area contributed by atoms with Crippen molar-refractivity contribution in [3.05, 3.63) is 35.9 Å². The fraction of sp³-hybridized carbons (Fsp3) is 0.222. The molecular formula is C9H7BrF3NO. The number of benzene rings is 1. The van der Waals surface area contributed by atoms with Gasteiger partial charge < -0.3 is 5.32 Å². The summed E-state index contributed by atoms with van der Waals surface area (Å²) in [7, 11) is 0. The fourth-order valence-electron chi connectivity index (χ4n) is 0.902. The summed E-state index contributed by atoms with van der Waals surface area (Å²) in [5, 5.41) is 1.79. The predicted octanol–water partition coefficient (Wildman–Crippen LogP) is 2.76. The Bertz CT molecular complexity index is 339. The summed E-state index contributed by atoms with van der Waals surface area (Å²) in [6.07, 6.45) is -4.86. The van der Waals surface area contributed by atoms with Crippen molar-refractivity contribution in [2.24, 2.45) is 0 Å². The van der Waals surface area contributed by atoms with Crippen LogP contribution in [0.1, 0.15) is 10.5 Å². The minimum atomic E-state index is -4.86. The first-order chi connectivity index (χ1) is 6.91. The Balaban J connectivity index is 2.65. The van der Waals surface area contributed by atoms with Gasteiger partial charge in [-0.15, -0.1) is 0 Å². The maximum absolute atomic E-state index is 11.9. The van der Waals surface area contributed by atoms with Crippen molar-refractivity contribution >= 4 is 21.8 Å². The van der Waals surface area contributed by atoms with Gasteiger partial charge in [-0.2, -0.15) is 13.2 Å². The fourth-order valence-corrected chi connectivity index (χ4v) is 1.42. The summed E-state index contributed by atoms with van der Waals surface area (Å²) in [6, 6.07) is 8.29. The van der Waals surface area contributed by atoms with Gasteiger partial charge in [0.15, 0.2) is 0 Å². The summed E-state index contributed by atoms with van der Waals surface area (Å²) in [5.41, 5.74) is 0.551. The lowest BCUT2D eigenvalue weighted by Crippen LogP contribution is -2.37. The number of nitrogens with one attached hydrogen (secondary N) is 1. The van der Waals surface area contributed by atoms with Crippen molar-refractivity contribution in [2.75, 3.05) is 0 Å². The molecule has 1 N–H and O–H groups in total. The number of hydrogen-bond donors (Lipinski definition) is 1. The number of halogens is 4. The highest BCUT2D eigenvalue weighted by Crippen LogP contribution is 2.22. The molecule has 0 aliphatic carbocycles. The van der Waals surface area contributed by atoms with E-state index < -0.39 is 17.0 Å². The Morgan fingerprint density at radius 1 is 1.27 bits per heavy atom. The molecule has 0 bridgehead atoms. The monoisotopic (exact) mass is 281 g/mol. The van der Waals surface area contributed by atoms with Crippen LogP contribution in [0.2, 0.25) is 0 Å². The second-order valence-electron chi connectivity index (χ2n) is 2.74. The molecule has 1 amide bonds. The van der Waals surface area contributed by atoms with E-state index in [9.17, 15) is 18.0 Å². The maximum atomic E-state index is 11.9. The average molecular weight is 282 g/mol. The Morgan fingerprint density at radius 2 is 1.80 bits per heavy atom. The van der Waals surface area contributed by atoms with Gasteiger partial charge in [0.05, 0.1) is 0 Å². The standard InChI is InChI=1S/C9H7BrF3NO/c10-7(6-4-2-1-3-5-6)14-8(15)9(11,12)13/h1-5,7H,(H,14,15). The van der Waals surface area contributed by atoms with Gasteiger partial charge in [0.2, 0.25) is 0 Å². The van der Waals surface area contributed by atoms with E-state index in [-0.39, 0.29) is 0 Å². The topological polar surface area (TPSA) is 29.1 Å². The van der Waals surface area contributed by atoms with Crippen LogP contribution in [0.4, 0.5) is 13.2 Å². The van der Waals surface area contributed by atoms with Gasteiger partial charge in [-0.05, 0) is 5.56 Å². The van der Waals surface area contributed by atoms with Gasteiger partial charge in [0.1, 0.15) is 4.95 Å².